The summed E-state index contributed by atoms with van der Waals surface area (Å²) in [4.78, 5) is 25.2. The van der Waals surface area contributed by atoms with E-state index in [0.717, 1.165) is 66.1 Å². The van der Waals surface area contributed by atoms with Crippen LogP contribution in [0.4, 0.5) is 0 Å². The number of hydrogen-bond donors (Lipinski definition) is 0. The summed E-state index contributed by atoms with van der Waals surface area (Å²) in [6.07, 6.45) is 6.50. The molecule has 1 aliphatic rings. The first kappa shape index (κ1) is 30.0. The summed E-state index contributed by atoms with van der Waals surface area (Å²) in [7, 11) is 3.25. The van der Waals surface area contributed by atoms with E-state index in [-0.39, 0.29) is 36.2 Å². The molecule has 0 spiro atoms. The first-order chi connectivity index (χ1) is 21.0. The highest BCUT2D eigenvalue weighted by Gasteiger charge is 2.25. The van der Waals surface area contributed by atoms with Gasteiger partial charge in [0.25, 0.3) is 0 Å². The van der Waals surface area contributed by atoms with E-state index in [1.807, 2.05) is 72.8 Å². The molecule has 2 aromatic heterocycles. The van der Waals surface area contributed by atoms with E-state index < -0.39 is 0 Å². The number of hydrogen-bond acceptors (Lipinski definition) is 8. The first-order valence-corrected chi connectivity index (χ1v) is 14.9. The van der Waals surface area contributed by atoms with E-state index in [0.29, 0.717) is 24.2 Å². The monoisotopic (exact) mass is 578 g/mol. The number of ether oxygens (including phenoxy) is 2. The van der Waals surface area contributed by atoms with Gasteiger partial charge in [-0.25, -0.2) is 0 Å². The molecule has 0 radical (unpaired) electrons. The van der Waals surface area contributed by atoms with Gasteiger partial charge in [-0.15, -0.1) is 0 Å². The Morgan fingerprint density at radius 2 is 1.00 bits per heavy atom. The van der Waals surface area contributed by atoms with Crippen LogP contribution in [0, 0.1) is 0 Å². The van der Waals surface area contributed by atoms with Crippen molar-refractivity contribution >= 4 is 11.6 Å². The van der Waals surface area contributed by atoms with E-state index in [2.05, 4.69) is 20.4 Å². The number of carbonyl (C=O) groups excluding carboxylic acids is 2. The van der Waals surface area contributed by atoms with Gasteiger partial charge in [0.2, 0.25) is 0 Å². The number of ketones is 2. The Bertz CT molecular complexity index is 1370. The summed E-state index contributed by atoms with van der Waals surface area (Å²) in [6, 6.07) is 23.0. The van der Waals surface area contributed by atoms with Gasteiger partial charge >= 0.3 is 0 Å². The molecule has 0 unspecified atom stereocenters. The predicted octanol–water partition coefficient (Wildman–Crippen LogP) is 5.82. The van der Waals surface area contributed by atoms with E-state index in [1.54, 1.807) is 14.2 Å². The predicted molar refractivity (Wildman–Crippen MR) is 163 cm³/mol. The molecule has 1 fully saturated rings. The largest absolute Gasteiger partial charge is 0.497 e. The maximum Gasteiger partial charge on any atom is 0.143 e. The van der Waals surface area contributed by atoms with Crippen molar-refractivity contribution in [3.05, 3.63) is 107 Å². The molecule has 222 valence electrons. The summed E-state index contributed by atoms with van der Waals surface area (Å²) in [5.41, 5.74) is 5.22. The van der Waals surface area contributed by atoms with Gasteiger partial charge in [0.15, 0.2) is 0 Å². The molecule has 0 bridgehead atoms. The Morgan fingerprint density at radius 3 is 1.35 bits per heavy atom. The number of methoxy groups -OCH3 is 2. The van der Waals surface area contributed by atoms with Crippen molar-refractivity contribution in [2.24, 2.45) is 0 Å². The molecule has 2 aromatic carbocycles. The van der Waals surface area contributed by atoms with Crippen molar-refractivity contribution in [2.45, 2.75) is 69.6 Å². The molecule has 2 atom stereocenters. The number of nitrogens with zero attached hydrogens (tertiary/aromatic N) is 4. The smallest absolute Gasteiger partial charge is 0.143 e. The Balaban J connectivity index is 1.14. The van der Waals surface area contributed by atoms with Gasteiger partial charge in [0, 0.05) is 24.7 Å². The fraction of sp³-hybridized carbons (Fsp3) is 0.371. The van der Waals surface area contributed by atoms with Crippen LogP contribution in [0.25, 0.3) is 0 Å². The van der Waals surface area contributed by atoms with Gasteiger partial charge in [-0.1, -0.05) is 37.1 Å². The molecule has 1 aliphatic carbocycles. The lowest BCUT2D eigenvalue weighted by Gasteiger charge is -2.19. The Morgan fingerprint density at radius 1 is 0.581 bits per heavy atom. The van der Waals surface area contributed by atoms with Gasteiger partial charge in [-0.05, 0) is 78.9 Å². The Hall–Kier alpha value is -4.46. The summed E-state index contributed by atoms with van der Waals surface area (Å²) >= 11 is 0. The van der Waals surface area contributed by atoms with Crippen LogP contribution in [0.15, 0.2) is 72.8 Å². The quantitative estimate of drug-likeness (QED) is 0.194. The fourth-order valence-corrected chi connectivity index (χ4v) is 5.73. The highest BCUT2D eigenvalue weighted by molar-refractivity contribution is 5.83. The second-order valence-electron chi connectivity index (χ2n) is 11.3. The topological polar surface area (TPSA) is 104 Å². The SMILES string of the molecule is COc1ccc(CC(=O)Cc2ccc([C@@H]3CCCC[C@@H](c4ccc(CC(=O)Cc5ccc(OC)cc5)nn4)C3)nn2)cc1. The standard InChI is InChI=1S/C35H38N4O4/c1-42-32-13-7-24(8-14-32)19-30(40)22-28-11-17-34(38-36-28)26-5-3-4-6-27(21-26)35-18-12-29(37-39-35)23-31(41)20-25-9-15-33(43-2)16-10-25/h7-18,26-27H,3-6,19-23H2,1-2H3/t26-,27-/m1/s1. The molecule has 4 aromatic rings. The molecule has 0 N–H and O–H groups in total. The number of aromatic nitrogens is 4. The van der Waals surface area contributed by atoms with Crippen LogP contribution in [0.5, 0.6) is 11.5 Å². The second-order valence-corrected chi connectivity index (χ2v) is 11.3. The van der Waals surface area contributed by atoms with E-state index >= 15 is 0 Å². The number of Topliss-reactive ketones (excluding diaryl/α,β-unsaturated/α-hetero) is 2. The second kappa shape index (κ2) is 14.6. The third-order valence-electron chi connectivity index (χ3n) is 8.12. The summed E-state index contributed by atoms with van der Waals surface area (Å²) in [5, 5.41) is 17.9. The minimum absolute atomic E-state index is 0.103. The van der Waals surface area contributed by atoms with Crippen LogP contribution in [-0.2, 0) is 35.3 Å². The lowest BCUT2D eigenvalue weighted by molar-refractivity contribution is -0.118. The van der Waals surface area contributed by atoms with Gasteiger partial charge < -0.3 is 9.47 Å². The minimum Gasteiger partial charge on any atom is -0.497 e. The molecule has 43 heavy (non-hydrogen) atoms. The lowest BCUT2D eigenvalue weighted by atomic mass is 9.88. The third kappa shape index (κ3) is 8.53. The molecule has 5 rings (SSSR count). The van der Waals surface area contributed by atoms with Gasteiger partial charge in [-0.2, -0.15) is 20.4 Å². The highest BCUT2D eigenvalue weighted by Crippen LogP contribution is 2.38. The van der Waals surface area contributed by atoms with Crippen LogP contribution in [0.1, 0.15) is 77.8 Å². The minimum atomic E-state index is 0.103. The van der Waals surface area contributed by atoms with Crippen LogP contribution >= 0.6 is 0 Å². The Kier molecular flexibility index (Phi) is 10.2. The van der Waals surface area contributed by atoms with Gasteiger partial charge in [0.05, 0.1) is 49.8 Å². The van der Waals surface area contributed by atoms with Crippen molar-refractivity contribution in [2.75, 3.05) is 14.2 Å². The van der Waals surface area contributed by atoms with Gasteiger partial charge in [-0.3, -0.25) is 9.59 Å². The zero-order valence-electron chi connectivity index (χ0n) is 24.9. The molecule has 1 saturated carbocycles. The molecular weight excluding hydrogens is 540 g/mol. The summed E-state index contributed by atoms with van der Waals surface area (Å²) in [5.74, 6) is 2.30. The van der Waals surface area contributed by atoms with Gasteiger partial charge in [0.1, 0.15) is 23.1 Å². The normalized spacial score (nSPS) is 16.7. The summed E-state index contributed by atoms with van der Waals surface area (Å²) < 4.78 is 10.4. The van der Waals surface area contributed by atoms with E-state index in [9.17, 15) is 9.59 Å². The average molecular weight is 579 g/mol. The molecule has 0 aliphatic heterocycles. The van der Waals surface area contributed by atoms with Crippen LogP contribution in [0.3, 0.4) is 0 Å². The Labute approximate surface area is 252 Å². The van der Waals surface area contributed by atoms with Crippen molar-refractivity contribution in [3.63, 3.8) is 0 Å². The lowest BCUT2D eigenvalue weighted by Crippen LogP contribution is -2.12. The number of carbonyl (C=O) groups is 2. The maximum absolute atomic E-state index is 12.6. The zero-order valence-corrected chi connectivity index (χ0v) is 24.9. The van der Waals surface area contributed by atoms with Crippen LogP contribution in [0.2, 0.25) is 0 Å². The molecule has 0 saturated heterocycles. The summed E-state index contributed by atoms with van der Waals surface area (Å²) in [6.45, 7) is 0. The molecule has 8 heteroatoms. The van der Waals surface area contributed by atoms with Crippen LogP contribution in [-0.4, -0.2) is 46.2 Å². The molecule has 2 heterocycles. The third-order valence-corrected chi connectivity index (χ3v) is 8.12. The van der Waals surface area contributed by atoms with Crippen LogP contribution < -0.4 is 9.47 Å². The number of rotatable bonds is 12. The van der Waals surface area contributed by atoms with E-state index in [1.165, 1.54) is 0 Å². The number of benzene rings is 2. The first-order valence-electron chi connectivity index (χ1n) is 14.9. The highest BCUT2D eigenvalue weighted by atomic mass is 16.5. The van der Waals surface area contributed by atoms with Crippen molar-refractivity contribution in [1.82, 2.24) is 20.4 Å². The molecular formula is C35H38N4O4. The molecule has 0 amide bonds. The van der Waals surface area contributed by atoms with Crippen molar-refractivity contribution in [3.8, 4) is 11.5 Å². The fourth-order valence-electron chi connectivity index (χ4n) is 5.73. The molecule has 8 nitrogen and oxygen atoms in total. The maximum atomic E-state index is 12.6. The van der Waals surface area contributed by atoms with E-state index in [4.69, 9.17) is 9.47 Å². The van der Waals surface area contributed by atoms with Crippen molar-refractivity contribution in [1.29, 1.82) is 0 Å². The van der Waals surface area contributed by atoms with Crippen molar-refractivity contribution < 1.29 is 19.1 Å². The zero-order chi connectivity index (χ0) is 30.0. The average Bonchev–Trinajstić information content (AvgIpc) is 3.29.